The van der Waals surface area contributed by atoms with Gasteiger partial charge in [0.15, 0.2) is 0 Å². The van der Waals surface area contributed by atoms with Crippen molar-refractivity contribution in [2.24, 2.45) is 11.8 Å². The third-order valence-electron chi connectivity index (χ3n) is 8.28. The van der Waals surface area contributed by atoms with E-state index in [-0.39, 0.29) is 73.0 Å². The van der Waals surface area contributed by atoms with Crippen molar-refractivity contribution in [2.75, 3.05) is 13.2 Å². The van der Waals surface area contributed by atoms with Gasteiger partial charge in [0.05, 0.1) is 37.5 Å². The van der Waals surface area contributed by atoms with Crippen LogP contribution in [-0.4, -0.2) is 73.2 Å². The lowest BCUT2D eigenvalue weighted by molar-refractivity contribution is -0.156. The average Bonchev–Trinajstić information content (AvgIpc) is 3.19. The summed E-state index contributed by atoms with van der Waals surface area (Å²) >= 11 is 0. The summed E-state index contributed by atoms with van der Waals surface area (Å²) in [5, 5.41) is 0. The van der Waals surface area contributed by atoms with E-state index in [4.69, 9.17) is 37.9 Å². The Morgan fingerprint density at radius 3 is 1.07 bits per heavy atom. The first-order valence-electron chi connectivity index (χ1n) is 18.6. The van der Waals surface area contributed by atoms with Crippen molar-refractivity contribution < 1.29 is 76.3 Å². The maximum Gasteiger partial charge on any atom is 0.333 e. The molecule has 16 nitrogen and oxygen atoms in total. The topological polar surface area (TPSA) is 210 Å². The molecule has 2 aromatic carbocycles. The Balaban J connectivity index is 1.31. The summed E-state index contributed by atoms with van der Waals surface area (Å²) in [4.78, 5) is 97.0. The molecule has 0 bridgehead atoms. The molecular formula is C42H48O16. The molecule has 0 heterocycles. The van der Waals surface area contributed by atoms with Crippen LogP contribution in [0.1, 0.15) is 79.1 Å². The molecule has 0 radical (unpaired) electrons. The van der Waals surface area contributed by atoms with Crippen LogP contribution in [0, 0.1) is 11.8 Å². The molecule has 0 saturated heterocycles. The fourth-order valence-electron chi connectivity index (χ4n) is 5.09. The lowest BCUT2D eigenvalue weighted by atomic mass is 9.82. The van der Waals surface area contributed by atoms with Crippen molar-refractivity contribution in [2.45, 2.75) is 91.3 Å². The Labute approximate surface area is 335 Å². The SMILES string of the molecule is C=C(C)C(=O)OC(C)COC(=O)CCC(=O)Oc1ccc(OC(=O)C2CCC(C(=O)Oc3ccc(OC(=O)CCC(=O)OCC(C)OC(=O)C(=C)C)cc3)CC2)cc1. The maximum atomic E-state index is 12.8. The number of hydrogen-bond donors (Lipinski definition) is 0. The standard InChI is InChI=1S/C42H48O16/c1-25(2)39(47)53-27(5)23-51-35(43)19-21-37(45)55-31-11-15-33(16-12-31)57-41(49)29-7-9-30(10-8-29)42(50)58-34-17-13-32(14-18-34)56-38(46)22-20-36(44)52-24-28(6)54-40(48)26(3)4/h11-18,27-30H,1,3,7-10,19-24H2,2,4-6H3. The van der Waals surface area contributed by atoms with E-state index in [0.29, 0.717) is 25.7 Å². The van der Waals surface area contributed by atoms with Gasteiger partial charge in [0.2, 0.25) is 0 Å². The normalized spacial score (nSPS) is 15.6. The number of carbonyl (C=O) groups is 8. The van der Waals surface area contributed by atoms with Crippen LogP contribution in [0.3, 0.4) is 0 Å². The maximum absolute atomic E-state index is 12.8. The highest BCUT2D eigenvalue weighted by Crippen LogP contribution is 2.32. The second kappa shape index (κ2) is 23.0. The molecule has 0 aromatic heterocycles. The average molecular weight is 809 g/mol. The molecule has 1 saturated carbocycles. The van der Waals surface area contributed by atoms with E-state index in [9.17, 15) is 38.4 Å². The van der Waals surface area contributed by atoms with Gasteiger partial charge in [-0.15, -0.1) is 0 Å². The zero-order chi connectivity index (χ0) is 42.8. The Morgan fingerprint density at radius 2 is 0.776 bits per heavy atom. The monoisotopic (exact) mass is 808 g/mol. The predicted octanol–water partition coefficient (Wildman–Crippen LogP) is 5.48. The van der Waals surface area contributed by atoms with Crippen LogP contribution >= 0.6 is 0 Å². The van der Waals surface area contributed by atoms with Gasteiger partial charge in [0, 0.05) is 11.1 Å². The third-order valence-corrected chi connectivity index (χ3v) is 8.28. The van der Waals surface area contributed by atoms with Gasteiger partial charge < -0.3 is 37.9 Å². The Morgan fingerprint density at radius 1 is 0.500 bits per heavy atom. The molecule has 0 amide bonds. The van der Waals surface area contributed by atoms with Gasteiger partial charge in [-0.3, -0.25) is 28.8 Å². The van der Waals surface area contributed by atoms with Gasteiger partial charge in [0.25, 0.3) is 0 Å². The van der Waals surface area contributed by atoms with E-state index in [1.807, 2.05) is 0 Å². The first-order chi connectivity index (χ1) is 27.5. The van der Waals surface area contributed by atoms with Crippen LogP contribution in [0.5, 0.6) is 23.0 Å². The molecule has 16 heteroatoms. The molecule has 2 aromatic rings. The summed E-state index contributed by atoms with van der Waals surface area (Å²) in [5.74, 6) is -4.87. The number of rotatable bonds is 20. The molecule has 0 N–H and O–H groups in total. The van der Waals surface area contributed by atoms with E-state index in [1.54, 1.807) is 13.8 Å². The molecule has 58 heavy (non-hydrogen) atoms. The smallest absolute Gasteiger partial charge is 0.333 e. The molecular weight excluding hydrogens is 760 g/mol. The quantitative estimate of drug-likeness (QED) is 0.0702. The molecule has 2 unspecified atom stereocenters. The lowest BCUT2D eigenvalue weighted by Gasteiger charge is -2.25. The van der Waals surface area contributed by atoms with Crippen molar-refractivity contribution in [1.29, 1.82) is 0 Å². The first-order valence-corrected chi connectivity index (χ1v) is 18.6. The summed E-state index contributed by atoms with van der Waals surface area (Å²) in [5.41, 5.74) is 0.431. The number of benzene rings is 2. The summed E-state index contributed by atoms with van der Waals surface area (Å²) in [6, 6.07) is 11.6. The third kappa shape index (κ3) is 16.8. The number of hydrogen-bond acceptors (Lipinski definition) is 16. The second-order valence-corrected chi connectivity index (χ2v) is 13.6. The van der Waals surface area contributed by atoms with Crippen LogP contribution in [0.15, 0.2) is 72.8 Å². The van der Waals surface area contributed by atoms with E-state index in [2.05, 4.69) is 13.2 Å². The fraction of sp³-hybridized carbons (Fsp3) is 0.429. The first kappa shape index (κ1) is 46.1. The van der Waals surface area contributed by atoms with Gasteiger partial charge in [0.1, 0.15) is 48.4 Å². The number of ether oxygens (including phenoxy) is 8. The van der Waals surface area contributed by atoms with Crippen LogP contribution in [0.2, 0.25) is 0 Å². The van der Waals surface area contributed by atoms with Gasteiger partial charge in [-0.25, -0.2) is 9.59 Å². The van der Waals surface area contributed by atoms with Crippen molar-refractivity contribution in [3.05, 3.63) is 72.8 Å². The molecule has 2 atom stereocenters. The summed E-state index contributed by atoms with van der Waals surface area (Å²) < 4.78 is 41.5. The summed E-state index contributed by atoms with van der Waals surface area (Å²) in [7, 11) is 0. The van der Waals surface area contributed by atoms with Crippen LogP contribution < -0.4 is 18.9 Å². The van der Waals surface area contributed by atoms with E-state index >= 15 is 0 Å². The Hall–Kier alpha value is -6.32. The zero-order valence-corrected chi connectivity index (χ0v) is 32.9. The molecule has 3 rings (SSSR count). The highest BCUT2D eigenvalue weighted by atomic mass is 16.6. The van der Waals surface area contributed by atoms with Gasteiger partial charge in [-0.1, -0.05) is 13.2 Å². The van der Waals surface area contributed by atoms with Crippen LogP contribution in [0.25, 0.3) is 0 Å². The van der Waals surface area contributed by atoms with E-state index in [1.165, 1.54) is 62.4 Å². The van der Waals surface area contributed by atoms with Crippen molar-refractivity contribution in [3.63, 3.8) is 0 Å². The van der Waals surface area contributed by atoms with Gasteiger partial charge in [-0.05, 0) is 102 Å². The Bertz CT molecular complexity index is 1690. The molecule has 312 valence electrons. The minimum Gasteiger partial charge on any atom is -0.462 e. The number of esters is 8. The molecule has 1 aliphatic rings. The molecule has 0 spiro atoms. The van der Waals surface area contributed by atoms with E-state index in [0.717, 1.165) is 0 Å². The largest absolute Gasteiger partial charge is 0.462 e. The minimum atomic E-state index is -0.682. The highest BCUT2D eigenvalue weighted by Gasteiger charge is 2.32. The molecule has 1 fully saturated rings. The summed E-state index contributed by atoms with van der Waals surface area (Å²) in [6.07, 6.45) is -0.744. The van der Waals surface area contributed by atoms with Gasteiger partial charge >= 0.3 is 47.8 Å². The van der Waals surface area contributed by atoms with Crippen LogP contribution in [-0.2, 0) is 57.3 Å². The van der Waals surface area contributed by atoms with Crippen LogP contribution in [0.4, 0.5) is 0 Å². The summed E-state index contributed by atoms with van der Waals surface area (Å²) in [6.45, 7) is 12.7. The highest BCUT2D eigenvalue weighted by molar-refractivity contribution is 5.87. The van der Waals surface area contributed by atoms with Gasteiger partial charge in [-0.2, -0.15) is 0 Å². The number of carbonyl (C=O) groups excluding carboxylic acids is 8. The molecule has 0 aliphatic heterocycles. The minimum absolute atomic E-state index is 0.173. The Kier molecular flexibility index (Phi) is 18.3. The fourth-order valence-corrected chi connectivity index (χ4v) is 5.09. The van der Waals surface area contributed by atoms with Crippen molar-refractivity contribution in [3.8, 4) is 23.0 Å². The van der Waals surface area contributed by atoms with E-state index < -0.39 is 71.8 Å². The second-order valence-electron chi connectivity index (χ2n) is 13.6. The van der Waals surface area contributed by atoms with Crippen molar-refractivity contribution >= 4 is 47.8 Å². The molecule has 1 aliphatic carbocycles. The predicted molar refractivity (Wildman–Crippen MR) is 202 cm³/mol. The van der Waals surface area contributed by atoms with Crippen molar-refractivity contribution in [1.82, 2.24) is 0 Å². The lowest BCUT2D eigenvalue weighted by Crippen LogP contribution is -2.30. The zero-order valence-electron chi connectivity index (χ0n) is 32.9.